The number of nitrogens with zero attached hydrogens (tertiary/aromatic N) is 2. The van der Waals surface area contributed by atoms with Crippen molar-refractivity contribution in [3.8, 4) is 0 Å². The summed E-state index contributed by atoms with van der Waals surface area (Å²) in [5, 5.41) is 0. The van der Waals surface area contributed by atoms with Gasteiger partial charge in [-0.15, -0.1) is 0 Å². The Morgan fingerprint density at radius 1 is 1.15 bits per heavy atom. The first-order chi connectivity index (χ1) is 12.8. The molecular formula is C20H24N2O5. The first kappa shape index (κ1) is 20.4. The normalized spacial score (nSPS) is 13.6. The number of amides is 3. The highest BCUT2D eigenvalue weighted by Gasteiger charge is 2.28. The van der Waals surface area contributed by atoms with Crippen LogP contribution in [0.15, 0.2) is 36.4 Å². The molecule has 0 aliphatic carbocycles. The zero-order chi connectivity index (χ0) is 20.0. The molecule has 2 rings (SSSR count). The van der Waals surface area contributed by atoms with Gasteiger partial charge < -0.3 is 9.64 Å². The van der Waals surface area contributed by atoms with Crippen molar-refractivity contribution >= 4 is 23.7 Å². The van der Waals surface area contributed by atoms with E-state index in [9.17, 15) is 19.2 Å². The molecule has 144 valence electrons. The summed E-state index contributed by atoms with van der Waals surface area (Å²) >= 11 is 0. The molecule has 1 saturated heterocycles. The van der Waals surface area contributed by atoms with Crippen molar-refractivity contribution in [2.24, 2.45) is 0 Å². The van der Waals surface area contributed by atoms with Gasteiger partial charge >= 0.3 is 5.97 Å². The number of carbonyl (C=O) groups is 4. The highest BCUT2D eigenvalue weighted by molar-refractivity contribution is 6.01. The van der Waals surface area contributed by atoms with Gasteiger partial charge in [-0.3, -0.25) is 19.3 Å². The van der Waals surface area contributed by atoms with Crippen molar-refractivity contribution in [1.82, 2.24) is 9.80 Å². The fraction of sp³-hybridized carbons (Fsp3) is 0.400. The van der Waals surface area contributed by atoms with Crippen LogP contribution in [-0.2, 0) is 25.7 Å². The van der Waals surface area contributed by atoms with E-state index in [1.165, 1.54) is 4.90 Å². The molecule has 1 aliphatic rings. The predicted octanol–water partition coefficient (Wildman–Crippen LogP) is 1.92. The summed E-state index contributed by atoms with van der Waals surface area (Å²) in [5.74, 6) is -1.25. The SMILES string of the molecule is C=C(C)CN(CC)C(=O)COC(=O)c1ccc(CN2C(=O)CCC2=O)cc1. The minimum absolute atomic E-state index is 0.183. The molecule has 0 bridgehead atoms. The van der Waals surface area contributed by atoms with E-state index in [4.69, 9.17) is 4.74 Å². The van der Waals surface area contributed by atoms with E-state index in [0.29, 0.717) is 18.7 Å². The highest BCUT2D eigenvalue weighted by Crippen LogP contribution is 2.16. The molecule has 3 amide bonds. The van der Waals surface area contributed by atoms with Crippen molar-refractivity contribution in [3.63, 3.8) is 0 Å². The number of esters is 1. The smallest absolute Gasteiger partial charge is 0.338 e. The Kier molecular flexibility index (Phi) is 6.87. The molecule has 7 nitrogen and oxygen atoms in total. The molecule has 1 fully saturated rings. The van der Waals surface area contributed by atoms with Gasteiger partial charge in [-0.25, -0.2) is 4.79 Å². The highest BCUT2D eigenvalue weighted by atomic mass is 16.5. The summed E-state index contributed by atoms with van der Waals surface area (Å²) in [6.45, 7) is 8.24. The van der Waals surface area contributed by atoms with Crippen molar-refractivity contribution in [2.45, 2.75) is 33.2 Å². The van der Waals surface area contributed by atoms with Crippen molar-refractivity contribution in [3.05, 3.63) is 47.5 Å². The quantitative estimate of drug-likeness (QED) is 0.395. The lowest BCUT2D eigenvalue weighted by atomic mass is 10.1. The predicted molar refractivity (Wildman–Crippen MR) is 98.6 cm³/mol. The van der Waals surface area contributed by atoms with E-state index in [1.54, 1.807) is 29.2 Å². The van der Waals surface area contributed by atoms with Gasteiger partial charge in [0.05, 0.1) is 12.1 Å². The van der Waals surface area contributed by atoms with Crippen LogP contribution in [0.5, 0.6) is 0 Å². The average Bonchev–Trinajstić information content (AvgIpc) is 2.96. The van der Waals surface area contributed by atoms with E-state index in [1.807, 2.05) is 13.8 Å². The minimum atomic E-state index is -0.602. The zero-order valence-electron chi connectivity index (χ0n) is 15.7. The molecule has 1 aromatic carbocycles. The summed E-state index contributed by atoms with van der Waals surface area (Å²) in [6, 6.07) is 6.44. The fourth-order valence-corrected chi connectivity index (χ4v) is 2.73. The van der Waals surface area contributed by atoms with E-state index in [-0.39, 0.29) is 43.7 Å². The lowest BCUT2D eigenvalue weighted by molar-refractivity contribution is -0.139. The number of rotatable bonds is 8. The molecule has 0 atom stereocenters. The maximum Gasteiger partial charge on any atom is 0.338 e. The molecular weight excluding hydrogens is 348 g/mol. The summed E-state index contributed by atoms with van der Waals surface area (Å²) in [4.78, 5) is 50.3. The van der Waals surface area contributed by atoms with Gasteiger partial charge in [-0.2, -0.15) is 0 Å². The van der Waals surface area contributed by atoms with Crippen LogP contribution in [0.1, 0.15) is 42.6 Å². The first-order valence-corrected chi connectivity index (χ1v) is 8.83. The van der Waals surface area contributed by atoms with Crippen LogP contribution in [-0.4, -0.2) is 53.2 Å². The maximum atomic E-state index is 12.1. The zero-order valence-corrected chi connectivity index (χ0v) is 15.7. The van der Waals surface area contributed by atoms with Crippen LogP contribution >= 0.6 is 0 Å². The van der Waals surface area contributed by atoms with E-state index < -0.39 is 5.97 Å². The number of ether oxygens (including phenoxy) is 1. The van der Waals surface area contributed by atoms with E-state index in [0.717, 1.165) is 11.1 Å². The third kappa shape index (κ3) is 5.51. The fourth-order valence-electron chi connectivity index (χ4n) is 2.73. The molecule has 0 spiro atoms. The van der Waals surface area contributed by atoms with E-state index in [2.05, 4.69) is 6.58 Å². The monoisotopic (exact) mass is 372 g/mol. The molecule has 0 aromatic heterocycles. The average molecular weight is 372 g/mol. The van der Waals surface area contributed by atoms with Crippen LogP contribution in [0.25, 0.3) is 0 Å². The molecule has 7 heteroatoms. The van der Waals surface area contributed by atoms with Gasteiger partial charge in [-0.1, -0.05) is 24.3 Å². The standard InChI is InChI=1S/C20H24N2O5/c1-4-21(11-14(2)3)19(25)13-27-20(26)16-7-5-15(6-8-16)12-22-17(23)9-10-18(22)24/h5-8H,2,4,9-13H2,1,3H3. The molecule has 0 unspecified atom stereocenters. The Balaban J connectivity index is 1.89. The minimum Gasteiger partial charge on any atom is -0.452 e. The molecule has 0 N–H and O–H groups in total. The van der Waals surface area contributed by atoms with Crippen LogP contribution in [0, 0.1) is 0 Å². The maximum absolute atomic E-state index is 12.1. The molecule has 0 saturated carbocycles. The number of benzene rings is 1. The summed E-state index contributed by atoms with van der Waals surface area (Å²) in [5.41, 5.74) is 1.89. The van der Waals surface area contributed by atoms with Crippen LogP contribution in [0.3, 0.4) is 0 Å². The Morgan fingerprint density at radius 2 is 1.74 bits per heavy atom. The van der Waals surface area contributed by atoms with Crippen LogP contribution < -0.4 is 0 Å². The Morgan fingerprint density at radius 3 is 2.26 bits per heavy atom. The van der Waals surface area contributed by atoms with Gasteiger partial charge in [0.25, 0.3) is 5.91 Å². The lowest BCUT2D eigenvalue weighted by Crippen LogP contribution is -2.35. The van der Waals surface area contributed by atoms with Gasteiger partial charge in [0.15, 0.2) is 6.61 Å². The topological polar surface area (TPSA) is 84.0 Å². The van der Waals surface area contributed by atoms with Gasteiger partial charge in [0, 0.05) is 25.9 Å². The lowest BCUT2D eigenvalue weighted by Gasteiger charge is -2.20. The number of hydrogen-bond acceptors (Lipinski definition) is 5. The Labute approximate surface area is 158 Å². The number of carbonyl (C=O) groups excluding carboxylic acids is 4. The molecule has 27 heavy (non-hydrogen) atoms. The number of likely N-dealkylation sites (tertiary alicyclic amines) is 1. The van der Waals surface area contributed by atoms with Crippen molar-refractivity contribution < 1.29 is 23.9 Å². The molecule has 0 radical (unpaired) electrons. The van der Waals surface area contributed by atoms with E-state index >= 15 is 0 Å². The number of likely N-dealkylation sites (N-methyl/N-ethyl adjacent to an activating group) is 1. The largest absolute Gasteiger partial charge is 0.452 e. The molecule has 1 heterocycles. The second-order valence-corrected chi connectivity index (χ2v) is 6.51. The first-order valence-electron chi connectivity index (χ1n) is 8.83. The summed E-state index contributed by atoms with van der Waals surface area (Å²) in [6.07, 6.45) is 0.495. The third-order valence-electron chi connectivity index (χ3n) is 4.21. The molecule has 1 aliphatic heterocycles. The number of hydrogen-bond donors (Lipinski definition) is 0. The van der Waals surface area contributed by atoms with Gasteiger partial charge in [0.2, 0.25) is 11.8 Å². The summed E-state index contributed by atoms with van der Waals surface area (Å²) < 4.78 is 5.08. The summed E-state index contributed by atoms with van der Waals surface area (Å²) in [7, 11) is 0. The van der Waals surface area contributed by atoms with Crippen LogP contribution in [0.4, 0.5) is 0 Å². The molecule has 1 aromatic rings. The van der Waals surface area contributed by atoms with Gasteiger partial charge in [0.1, 0.15) is 0 Å². The van der Waals surface area contributed by atoms with Crippen molar-refractivity contribution in [1.29, 1.82) is 0 Å². The number of imide groups is 1. The second-order valence-electron chi connectivity index (χ2n) is 6.51. The third-order valence-corrected chi connectivity index (χ3v) is 4.21. The van der Waals surface area contributed by atoms with Gasteiger partial charge in [-0.05, 0) is 31.5 Å². The Bertz CT molecular complexity index is 738. The second kappa shape index (κ2) is 9.12. The Hall–Kier alpha value is -2.96. The van der Waals surface area contributed by atoms with Crippen molar-refractivity contribution in [2.75, 3.05) is 19.7 Å². The van der Waals surface area contributed by atoms with Crippen LogP contribution in [0.2, 0.25) is 0 Å².